The van der Waals surface area contributed by atoms with Gasteiger partial charge in [-0.3, -0.25) is 9.58 Å². The largest absolute Gasteiger partial charge is 0.314 e. The zero-order chi connectivity index (χ0) is 11.7. The molecule has 1 unspecified atom stereocenters. The van der Waals surface area contributed by atoms with Gasteiger partial charge in [-0.2, -0.15) is 5.10 Å². The van der Waals surface area contributed by atoms with Gasteiger partial charge < -0.3 is 5.32 Å². The van der Waals surface area contributed by atoms with Crippen LogP contribution in [0.15, 0.2) is 12.3 Å². The fourth-order valence-electron chi connectivity index (χ4n) is 2.62. The summed E-state index contributed by atoms with van der Waals surface area (Å²) in [6.07, 6.45) is 6.15. The van der Waals surface area contributed by atoms with Crippen molar-refractivity contribution in [1.29, 1.82) is 0 Å². The summed E-state index contributed by atoms with van der Waals surface area (Å²) in [6.45, 7) is 4.69. The van der Waals surface area contributed by atoms with E-state index in [0.717, 1.165) is 18.5 Å². The number of nitrogens with one attached hydrogen (secondary N) is 1. The van der Waals surface area contributed by atoms with Crippen LogP contribution in [-0.4, -0.2) is 40.4 Å². The lowest BCUT2D eigenvalue weighted by Gasteiger charge is -2.14. The Labute approximate surface area is 103 Å². The van der Waals surface area contributed by atoms with Gasteiger partial charge in [0.2, 0.25) is 0 Å². The molecule has 1 N–H and O–H groups in total. The molecule has 1 aromatic rings. The molecular formula is C13H22N4. The van der Waals surface area contributed by atoms with Crippen LogP contribution in [0.5, 0.6) is 0 Å². The first-order chi connectivity index (χ1) is 8.29. The zero-order valence-electron chi connectivity index (χ0n) is 10.6. The van der Waals surface area contributed by atoms with Gasteiger partial charge in [0, 0.05) is 32.4 Å². The Kier molecular flexibility index (Phi) is 3.16. The van der Waals surface area contributed by atoms with E-state index < -0.39 is 0 Å². The molecule has 2 heterocycles. The van der Waals surface area contributed by atoms with Crippen molar-refractivity contribution in [3.63, 3.8) is 0 Å². The summed E-state index contributed by atoms with van der Waals surface area (Å²) in [5, 5.41) is 8.08. The molecule has 0 spiro atoms. The van der Waals surface area contributed by atoms with Crippen molar-refractivity contribution in [3.05, 3.63) is 18.0 Å². The molecule has 2 aliphatic rings. The maximum Gasteiger partial charge on any atom is 0.0764 e. The third kappa shape index (κ3) is 3.07. The highest BCUT2D eigenvalue weighted by atomic mass is 15.3. The van der Waals surface area contributed by atoms with Gasteiger partial charge in [-0.25, -0.2) is 0 Å². The van der Waals surface area contributed by atoms with Crippen molar-refractivity contribution in [2.24, 2.45) is 13.0 Å². The Bertz CT molecular complexity index is 369. The smallest absolute Gasteiger partial charge is 0.0764 e. The highest BCUT2D eigenvalue weighted by molar-refractivity contribution is 4.99. The van der Waals surface area contributed by atoms with E-state index in [2.05, 4.69) is 21.4 Å². The molecule has 1 aliphatic heterocycles. The highest BCUT2D eigenvalue weighted by Crippen LogP contribution is 2.22. The van der Waals surface area contributed by atoms with Crippen LogP contribution in [0.25, 0.3) is 0 Å². The van der Waals surface area contributed by atoms with Gasteiger partial charge in [-0.15, -0.1) is 0 Å². The summed E-state index contributed by atoms with van der Waals surface area (Å²) < 4.78 is 1.89. The van der Waals surface area contributed by atoms with Crippen molar-refractivity contribution >= 4 is 0 Å². The molecule has 0 aromatic carbocycles. The SMILES string of the molecule is Cn1ccc(CN2CCC(CNC3CC3)C2)n1. The molecule has 1 atom stereocenters. The van der Waals surface area contributed by atoms with Gasteiger partial charge in [-0.1, -0.05) is 0 Å². The quantitative estimate of drug-likeness (QED) is 0.825. The van der Waals surface area contributed by atoms with Crippen LogP contribution in [0, 0.1) is 5.92 Å². The Morgan fingerprint density at radius 2 is 2.29 bits per heavy atom. The molecule has 4 nitrogen and oxygen atoms in total. The third-order valence-corrected chi connectivity index (χ3v) is 3.80. The number of hydrogen-bond donors (Lipinski definition) is 1. The van der Waals surface area contributed by atoms with E-state index in [-0.39, 0.29) is 0 Å². The molecule has 1 aromatic heterocycles. The van der Waals surface area contributed by atoms with Crippen molar-refractivity contribution in [1.82, 2.24) is 20.0 Å². The highest BCUT2D eigenvalue weighted by Gasteiger charge is 2.26. The summed E-state index contributed by atoms with van der Waals surface area (Å²) >= 11 is 0. The monoisotopic (exact) mass is 234 g/mol. The molecule has 94 valence electrons. The first-order valence-corrected chi connectivity index (χ1v) is 6.74. The second kappa shape index (κ2) is 4.78. The number of hydrogen-bond acceptors (Lipinski definition) is 3. The predicted octanol–water partition coefficient (Wildman–Crippen LogP) is 0.994. The van der Waals surface area contributed by atoms with Gasteiger partial charge in [0.15, 0.2) is 0 Å². The molecule has 17 heavy (non-hydrogen) atoms. The standard InChI is InChI=1S/C13H22N4/c1-16-6-5-13(15-16)10-17-7-4-11(9-17)8-14-12-2-3-12/h5-6,11-12,14H,2-4,7-10H2,1H3. The van der Waals surface area contributed by atoms with Crippen molar-refractivity contribution in [2.45, 2.75) is 31.8 Å². The normalized spacial score (nSPS) is 25.6. The number of nitrogens with zero attached hydrogens (tertiary/aromatic N) is 3. The topological polar surface area (TPSA) is 33.1 Å². The number of rotatable bonds is 5. The summed E-state index contributed by atoms with van der Waals surface area (Å²) in [5.74, 6) is 0.847. The first-order valence-electron chi connectivity index (χ1n) is 6.74. The summed E-state index contributed by atoms with van der Waals surface area (Å²) in [7, 11) is 1.98. The minimum atomic E-state index is 0.847. The van der Waals surface area contributed by atoms with Gasteiger partial charge in [0.25, 0.3) is 0 Å². The van der Waals surface area contributed by atoms with E-state index in [1.54, 1.807) is 0 Å². The number of aryl methyl sites for hydroxylation is 1. The summed E-state index contributed by atoms with van der Waals surface area (Å²) in [4.78, 5) is 2.53. The fourth-order valence-corrected chi connectivity index (χ4v) is 2.62. The summed E-state index contributed by atoms with van der Waals surface area (Å²) in [5.41, 5.74) is 1.20. The molecule has 4 heteroatoms. The van der Waals surface area contributed by atoms with E-state index in [1.807, 2.05) is 17.9 Å². The minimum Gasteiger partial charge on any atom is -0.314 e. The molecule has 1 saturated heterocycles. The van der Waals surface area contributed by atoms with E-state index in [4.69, 9.17) is 0 Å². The van der Waals surface area contributed by atoms with E-state index in [0.29, 0.717) is 0 Å². The average molecular weight is 234 g/mol. The number of aromatic nitrogens is 2. The Morgan fingerprint density at radius 3 is 3.00 bits per heavy atom. The Hall–Kier alpha value is -0.870. The van der Waals surface area contributed by atoms with Gasteiger partial charge in [-0.05, 0) is 44.3 Å². The summed E-state index contributed by atoms with van der Waals surface area (Å²) in [6, 6.07) is 2.97. The molecule has 0 amide bonds. The van der Waals surface area contributed by atoms with Crippen LogP contribution in [0.1, 0.15) is 25.0 Å². The maximum absolute atomic E-state index is 4.44. The Balaban J connectivity index is 1.43. The maximum atomic E-state index is 4.44. The van der Waals surface area contributed by atoms with Crippen molar-refractivity contribution in [3.8, 4) is 0 Å². The zero-order valence-corrected chi connectivity index (χ0v) is 10.6. The van der Waals surface area contributed by atoms with Crippen LogP contribution in [-0.2, 0) is 13.6 Å². The average Bonchev–Trinajstić information content (AvgIpc) is 2.90. The number of likely N-dealkylation sites (tertiary alicyclic amines) is 1. The third-order valence-electron chi connectivity index (χ3n) is 3.80. The first kappa shape index (κ1) is 11.2. The van der Waals surface area contributed by atoms with Crippen LogP contribution in [0.3, 0.4) is 0 Å². The van der Waals surface area contributed by atoms with E-state index >= 15 is 0 Å². The predicted molar refractivity (Wildman–Crippen MR) is 67.6 cm³/mol. The second-order valence-corrected chi connectivity index (χ2v) is 5.55. The lowest BCUT2D eigenvalue weighted by Crippen LogP contribution is -2.27. The Morgan fingerprint density at radius 1 is 1.41 bits per heavy atom. The second-order valence-electron chi connectivity index (χ2n) is 5.55. The molecule has 3 rings (SSSR count). The lowest BCUT2D eigenvalue weighted by molar-refractivity contribution is 0.309. The van der Waals surface area contributed by atoms with E-state index in [9.17, 15) is 0 Å². The molecule has 1 saturated carbocycles. The molecule has 0 bridgehead atoms. The molecular weight excluding hydrogens is 212 g/mol. The van der Waals surface area contributed by atoms with Gasteiger partial charge in [0.05, 0.1) is 5.69 Å². The van der Waals surface area contributed by atoms with Crippen LogP contribution in [0.2, 0.25) is 0 Å². The van der Waals surface area contributed by atoms with E-state index in [1.165, 1.54) is 44.6 Å². The fraction of sp³-hybridized carbons (Fsp3) is 0.769. The van der Waals surface area contributed by atoms with Crippen LogP contribution >= 0.6 is 0 Å². The van der Waals surface area contributed by atoms with Crippen LogP contribution in [0.4, 0.5) is 0 Å². The molecule has 2 fully saturated rings. The van der Waals surface area contributed by atoms with Crippen LogP contribution < -0.4 is 5.32 Å². The molecule has 0 radical (unpaired) electrons. The lowest BCUT2D eigenvalue weighted by atomic mass is 10.1. The van der Waals surface area contributed by atoms with Crippen molar-refractivity contribution in [2.75, 3.05) is 19.6 Å². The van der Waals surface area contributed by atoms with Crippen molar-refractivity contribution < 1.29 is 0 Å². The van der Waals surface area contributed by atoms with Gasteiger partial charge in [0.1, 0.15) is 0 Å². The minimum absolute atomic E-state index is 0.847. The molecule has 1 aliphatic carbocycles. The van der Waals surface area contributed by atoms with Gasteiger partial charge >= 0.3 is 0 Å².